The molecular weight excluding hydrogens is 192 g/mol. The van der Waals surface area contributed by atoms with Gasteiger partial charge in [-0.25, -0.2) is 15.0 Å². The molecule has 0 atom stereocenters. The van der Waals surface area contributed by atoms with E-state index in [2.05, 4.69) is 26.1 Å². The molecule has 1 radical (unpaired) electrons. The number of hydrogen-bond acceptors (Lipinski definition) is 5. The highest BCUT2D eigenvalue weighted by Crippen LogP contribution is 2.14. The van der Waals surface area contributed by atoms with Crippen LogP contribution in [0.15, 0.2) is 18.5 Å². The molecule has 0 amide bonds. The van der Waals surface area contributed by atoms with Crippen LogP contribution in [0.4, 0.5) is 0 Å². The number of aryl methyl sites for hydroxylation is 1. The normalized spacial score (nSPS) is 10.0. The lowest BCUT2D eigenvalue weighted by atomic mass is 10.2. The molecule has 0 N–H and O–H groups in total. The van der Waals surface area contributed by atoms with Crippen molar-refractivity contribution in [3.05, 3.63) is 30.5 Å². The van der Waals surface area contributed by atoms with E-state index in [1.54, 1.807) is 18.5 Å². The third-order valence-corrected chi connectivity index (χ3v) is 1.81. The molecule has 0 aliphatic carbocycles. The van der Waals surface area contributed by atoms with Gasteiger partial charge in [0.15, 0.2) is 0 Å². The minimum absolute atomic E-state index is 0.296. The Bertz CT molecular complexity index is 455. The maximum atomic E-state index is 4.84. The lowest BCUT2D eigenvalue weighted by Crippen LogP contribution is -1.94. The fourth-order valence-electron chi connectivity index (χ4n) is 1.11. The van der Waals surface area contributed by atoms with Crippen LogP contribution in [0.2, 0.25) is 0 Å². The average Bonchev–Trinajstić information content (AvgIpc) is 2.29. The fourth-order valence-corrected chi connectivity index (χ4v) is 1.11. The molecule has 2 aromatic rings. The predicted molar refractivity (Wildman–Crippen MR) is 53.2 cm³/mol. The van der Waals surface area contributed by atoms with Gasteiger partial charge in [0.1, 0.15) is 12.0 Å². The van der Waals surface area contributed by atoms with E-state index in [9.17, 15) is 0 Å². The standard InChI is InChI=1S/C10H9N4O/c1-7-11-4-3-9(14-7)8-5-12-10(15-2)13-6-8/h3-5H,1-2H3. The van der Waals surface area contributed by atoms with Gasteiger partial charge in [-0.1, -0.05) is 0 Å². The zero-order valence-electron chi connectivity index (χ0n) is 8.43. The fraction of sp³-hybridized carbons (Fsp3) is 0.200. The Balaban J connectivity index is 2.37. The van der Waals surface area contributed by atoms with Gasteiger partial charge in [-0.2, -0.15) is 4.98 Å². The summed E-state index contributed by atoms with van der Waals surface area (Å²) in [6.07, 6.45) is 6.11. The van der Waals surface area contributed by atoms with Gasteiger partial charge in [0.05, 0.1) is 12.8 Å². The smallest absolute Gasteiger partial charge is 0.316 e. The average molecular weight is 201 g/mol. The summed E-state index contributed by atoms with van der Waals surface area (Å²) in [5, 5.41) is 0. The molecular formula is C10H9N4O. The van der Waals surface area contributed by atoms with Crippen LogP contribution < -0.4 is 4.74 Å². The molecule has 2 rings (SSSR count). The summed E-state index contributed by atoms with van der Waals surface area (Å²) in [7, 11) is 1.51. The van der Waals surface area contributed by atoms with Gasteiger partial charge in [-0.15, -0.1) is 0 Å². The number of hydrogen-bond donors (Lipinski definition) is 0. The van der Waals surface area contributed by atoms with Gasteiger partial charge >= 0.3 is 6.01 Å². The van der Waals surface area contributed by atoms with Crippen molar-refractivity contribution in [3.8, 4) is 17.3 Å². The third-order valence-electron chi connectivity index (χ3n) is 1.81. The zero-order chi connectivity index (χ0) is 10.7. The lowest BCUT2D eigenvalue weighted by molar-refractivity contribution is 0.379. The number of methoxy groups -OCH3 is 1. The highest BCUT2D eigenvalue weighted by Gasteiger charge is 2.02. The highest BCUT2D eigenvalue weighted by atomic mass is 16.5. The van der Waals surface area contributed by atoms with E-state index in [4.69, 9.17) is 4.74 Å². The minimum Gasteiger partial charge on any atom is -0.467 e. The molecule has 0 bridgehead atoms. The molecule has 2 heterocycles. The maximum Gasteiger partial charge on any atom is 0.316 e. The van der Waals surface area contributed by atoms with Crippen LogP contribution in [0.5, 0.6) is 6.01 Å². The third kappa shape index (κ3) is 2.07. The number of ether oxygens (including phenoxy) is 1. The summed E-state index contributed by atoms with van der Waals surface area (Å²) < 4.78 is 4.84. The molecule has 0 aliphatic heterocycles. The van der Waals surface area contributed by atoms with E-state index in [0.717, 1.165) is 11.3 Å². The second kappa shape index (κ2) is 4.00. The molecule has 0 spiro atoms. The summed E-state index contributed by atoms with van der Waals surface area (Å²) >= 11 is 0. The summed E-state index contributed by atoms with van der Waals surface area (Å²) in [6, 6.07) is 2.08. The van der Waals surface area contributed by atoms with Gasteiger partial charge in [0, 0.05) is 18.0 Å². The zero-order valence-corrected chi connectivity index (χ0v) is 8.43. The molecule has 5 nitrogen and oxygen atoms in total. The topological polar surface area (TPSA) is 60.8 Å². The Morgan fingerprint density at radius 1 is 1.33 bits per heavy atom. The second-order valence-electron chi connectivity index (χ2n) is 2.87. The summed E-state index contributed by atoms with van der Waals surface area (Å²) in [4.78, 5) is 16.1. The van der Waals surface area contributed by atoms with E-state index in [1.807, 2.05) is 6.92 Å². The van der Waals surface area contributed by atoms with Crippen molar-refractivity contribution in [2.45, 2.75) is 6.92 Å². The van der Waals surface area contributed by atoms with Crippen LogP contribution in [0.25, 0.3) is 11.3 Å². The van der Waals surface area contributed by atoms with Crippen LogP contribution >= 0.6 is 0 Å². The second-order valence-corrected chi connectivity index (χ2v) is 2.87. The van der Waals surface area contributed by atoms with Crippen LogP contribution in [-0.2, 0) is 0 Å². The van der Waals surface area contributed by atoms with Crippen molar-refractivity contribution >= 4 is 0 Å². The van der Waals surface area contributed by atoms with Gasteiger partial charge in [0.2, 0.25) is 0 Å². The highest BCUT2D eigenvalue weighted by molar-refractivity contribution is 5.55. The Morgan fingerprint density at radius 3 is 2.80 bits per heavy atom. The summed E-state index contributed by atoms with van der Waals surface area (Å²) in [6.45, 7) is 1.83. The molecule has 0 fully saturated rings. The minimum atomic E-state index is 0.296. The first-order chi connectivity index (χ1) is 7.29. The first-order valence-corrected chi connectivity index (χ1v) is 4.38. The van der Waals surface area contributed by atoms with Crippen molar-refractivity contribution in [2.24, 2.45) is 0 Å². The largest absolute Gasteiger partial charge is 0.467 e. The summed E-state index contributed by atoms with van der Waals surface area (Å²) in [5.41, 5.74) is 1.48. The van der Waals surface area contributed by atoms with E-state index in [0.29, 0.717) is 11.8 Å². The molecule has 2 aromatic heterocycles. The van der Waals surface area contributed by atoms with Crippen molar-refractivity contribution in [2.75, 3.05) is 7.11 Å². The van der Waals surface area contributed by atoms with Crippen molar-refractivity contribution in [3.63, 3.8) is 0 Å². The Morgan fingerprint density at radius 2 is 2.20 bits per heavy atom. The quantitative estimate of drug-likeness (QED) is 0.726. The number of nitrogens with zero attached hydrogens (tertiary/aromatic N) is 4. The first kappa shape index (κ1) is 9.51. The first-order valence-electron chi connectivity index (χ1n) is 4.38. The van der Waals surface area contributed by atoms with Crippen LogP contribution in [0, 0.1) is 13.1 Å². The lowest BCUT2D eigenvalue weighted by Gasteiger charge is -2.00. The van der Waals surface area contributed by atoms with E-state index >= 15 is 0 Å². The van der Waals surface area contributed by atoms with Crippen LogP contribution in [0.3, 0.4) is 0 Å². The Labute approximate surface area is 87.2 Å². The molecule has 15 heavy (non-hydrogen) atoms. The van der Waals surface area contributed by atoms with Crippen molar-refractivity contribution in [1.29, 1.82) is 0 Å². The number of rotatable bonds is 2. The van der Waals surface area contributed by atoms with E-state index in [-0.39, 0.29) is 0 Å². The molecule has 75 valence electrons. The molecule has 0 saturated carbocycles. The molecule has 0 aliphatic rings. The SMILES string of the molecule is COc1n[c]c(-c2ccnc(C)n2)cn1. The van der Waals surface area contributed by atoms with E-state index < -0.39 is 0 Å². The van der Waals surface area contributed by atoms with Gasteiger partial charge in [0.25, 0.3) is 0 Å². The maximum absolute atomic E-state index is 4.84. The van der Waals surface area contributed by atoms with Crippen LogP contribution in [0.1, 0.15) is 5.82 Å². The van der Waals surface area contributed by atoms with Crippen molar-refractivity contribution < 1.29 is 4.74 Å². The Hall–Kier alpha value is -2.04. The predicted octanol–water partition coefficient (Wildman–Crippen LogP) is 1.05. The molecule has 0 aromatic carbocycles. The Kier molecular flexibility index (Phi) is 2.53. The molecule has 5 heteroatoms. The van der Waals surface area contributed by atoms with Crippen LogP contribution in [-0.4, -0.2) is 27.0 Å². The molecule has 0 unspecified atom stereocenters. The van der Waals surface area contributed by atoms with Gasteiger partial charge in [-0.3, -0.25) is 0 Å². The monoisotopic (exact) mass is 201 g/mol. The summed E-state index contributed by atoms with van der Waals surface area (Å²) in [5.74, 6) is 0.705. The van der Waals surface area contributed by atoms with Crippen molar-refractivity contribution in [1.82, 2.24) is 19.9 Å². The van der Waals surface area contributed by atoms with Gasteiger partial charge in [-0.05, 0) is 13.0 Å². The molecule has 0 saturated heterocycles. The number of aromatic nitrogens is 4. The van der Waals surface area contributed by atoms with E-state index in [1.165, 1.54) is 7.11 Å². The van der Waals surface area contributed by atoms with Gasteiger partial charge < -0.3 is 4.74 Å².